The van der Waals surface area contributed by atoms with E-state index in [0.29, 0.717) is 34.5 Å². The second-order valence-corrected chi connectivity index (χ2v) is 24.5. The van der Waals surface area contributed by atoms with Crippen LogP contribution in [0.15, 0.2) is 219 Å². The van der Waals surface area contributed by atoms with Crippen molar-refractivity contribution in [2.24, 2.45) is 0 Å². The van der Waals surface area contributed by atoms with E-state index in [-0.39, 0.29) is 37.3 Å². The van der Waals surface area contributed by atoms with Crippen LogP contribution in [0.25, 0.3) is 84.0 Å². The summed E-state index contributed by atoms with van der Waals surface area (Å²) in [6, 6.07) is 81.9. The maximum absolute atomic E-state index is 7.25. The van der Waals surface area contributed by atoms with Crippen LogP contribution in [-0.2, 0) is 37.3 Å². The number of hydrogen-bond acceptors (Lipinski definition) is 7. The molecule has 12 aromatic rings. The van der Waals surface area contributed by atoms with Crippen LogP contribution in [0.4, 0.5) is 22.7 Å². The standard InChI is InChI=1S/C75H64N7O.Pt/c1-73(2,3)53-37-33-49(34-38-53)58-28-21-29-59(50-35-39-54(40-36-50)74(4,5)6)69(58)81-48-80(64-30-16-17-31-65(64)81)56-26-20-27-57(45-56)83-67-47-66-61(60-44-55(75(7,8)9)41-42-63(60)82(66)68-32-18-19-43-76-68)46-62(67)72-78-70(51-22-12-10-13-23-51)77-71(79-72)52-24-14-11-15-25-52;/h10-44,46,48H,1-9H3;/q-3;. The Balaban J connectivity index is 0.00000694. The Morgan fingerprint density at radius 2 is 0.952 bits per heavy atom. The third-order valence-electron chi connectivity index (χ3n) is 15.7. The summed E-state index contributed by atoms with van der Waals surface area (Å²) in [5.41, 5.74) is 16.3. The first-order valence-corrected chi connectivity index (χ1v) is 28.4. The molecule has 0 amide bonds. The number of fused-ring (bicyclic) bond motifs is 4. The van der Waals surface area contributed by atoms with Crippen LogP contribution >= 0.6 is 0 Å². The van der Waals surface area contributed by atoms with Crippen LogP contribution in [0.5, 0.6) is 11.5 Å². The molecule has 1 aliphatic rings. The molecule has 3 aromatic heterocycles. The zero-order valence-corrected chi connectivity index (χ0v) is 51.0. The molecule has 0 radical (unpaired) electrons. The zero-order chi connectivity index (χ0) is 57.2. The van der Waals surface area contributed by atoms with Gasteiger partial charge in [-0.2, -0.15) is 6.07 Å². The van der Waals surface area contributed by atoms with Gasteiger partial charge in [0, 0.05) is 83.6 Å². The molecule has 0 saturated carbocycles. The summed E-state index contributed by atoms with van der Waals surface area (Å²) in [6.45, 7) is 22.5. The quantitative estimate of drug-likeness (QED) is 0.126. The van der Waals surface area contributed by atoms with Crippen LogP contribution < -0.4 is 14.5 Å². The van der Waals surface area contributed by atoms with E-state index in [2.05, 4.69) is 217 Å². The van der Waals surface area contributed by atoms with E-state index in [1.807, 2.05) is 97.2 Å². The molecule has 0 bridgehead atoms. The van der Waals surface area contributed by atoms with Crippen molar-refractivity contribution in [2.75, 3.05) is 9.80 Å². The van der Waals surface area contributed by atoms with Gasteiger partial charge >= 0.3 is 0 Å². The van der Waals surface area contributed by atoms with Gasteiger partial charge in [0.05, 0.1) is 0 Å². The van der Waals surface area contributed by atoms with Gasteiger partial charge < -0.3 is 19.1 Å². The van der Waals surface area contributed by atoms with E-state index in [0.717, 1.165) is 83.8 Å². The number of hydrogen-bond donors (Lipinski definition) is 0. The second-order valence-electron chi connectivity index (χ2n) is 24.5. The number of para-hydroxylation sites is 3. The van der Waals surface area contributed by atoms with Gasteiger partial charge in [-0.25, -0.2) is 19.9 Å². The predicted octanol–water partition coefficient (Wildman–Crippen LogP) is 19.4. The van der Waals surface area contributed by atoms with Crippen LogP contribution in [0.3, 0.4) is 0 Å². The first-order chi connectivity index (χ1) is 40.0. The van der Waals surface area contributed by atoms with Gasteiger partial charge in [0.15, 0.2) is 11.6 Å². The van der Waals surface area contributed by atoms with Gasteiger partial charge in [-0.05, 0) is 85.3 Å². The fourth-order valence-electron chi connectivity index (χ4n) is 11.1. The number of ether oxygens (including phenoxy) is 1. The third kappa shape index (κ3) is 10.6. The number of nitrogens with zero attached hydrogens (tertiary/aromatic N) is 7. The number of anilines is 4. The van der Waals surface area contributed by atoms with Crippen molar-refractivity contribution in [1.82, 2.24) is 24.5 Å². The van der Waals surface area contributed by atoms with E-state index in [9.17, 15) is 0 Å². The summed E-state index contributed by atoms with van der Waals surface area (Å²) in [6.07, 6.45) is 1.83. The molecule has 13 rings (SSSR count). The monoisotopic (exact) mass is 1270 g/mol. The molecular formula is C75H64N7OPt-3. The molecule has 0 unspecified atom stereocenters. The molecule has 8 nitrogen and oxygen atoms in total. The zero-order valence-electron chi connectivity index (χ0n) is 48.7. The van der Waals surface area contributed by atoms with Crippen LogP contribution in [-0.4, -0.2) is 24.5 Å². The third-order valence-corrected chi connectivity index (χ3v) is 15.7. The average molecular weight is 1270 g/mol. The minimum absolute atomic E-state index is 0. The second kappa shape index (κ2) is 22.0. The molecule has 9 aromatic carbocycles. The first-order valence-electron chi connectivity index (χ1n) is 28.4. The smallest absolute Gasteiger partial charge is 0.162 e. The van der Waals surface area contributed by atoms with E-state index < -0.39 is 0 Å². The molecule has 0 atom stereocenters. The number of benzene rings is 9. The number of pyridine rings is 1. The summed E-state index contributed by atoms with van der Waals surface area (Å²) in [7, 11) is 0. The van der Waals surface area contributed by atoms with Gasteiger partial charge in [0.25, 0.3) is 0 Å². The molecule has 84 heavy (non-hydrogen) atoms. The molecule has 0 saturated heterocycles. The van der Waals surface area contributed by atoms with Gasteiger partial charge in [-0.1, -0.05) is 226 Å². The van der Waals surface area contributed by atoms with Crippen molar-refractivity contribution in [3.05, 3.63) is 254 Å². The van der Waals surface area contributed by atoms with Crippen molar-refractivity contribution < 1.29 is 25.8 Å². The Labute approximate surface area is 507 Å². The van der Waals surface area contributed by atoms with E-state index >= 15 is 0 Å². The Morgan fingerprint density at radius 3 is 1.51 bits per heavy atom. The fraction of sp³-hybridized carbons (Fsp3) is 0.160. The van der Waals surface area contributed by atoms with Crippen LogP contribution in [0.1, 0.15) is 79.0 Å². The summed E-state index contributed by atoms with van der Waals surface area (Å²) in [5, 5.41) is 2.01. The minimum atomic E-state index is -0.111. The summed E-state index contributed by atoms with van der Waals surface area (Å²) in [5.74, 6) is 3.20. The van der Waals surface area contributed by atoms with Crippen molar-refractivity contribution >= 4 is 44.6 Å². The van der Waals surface area contributed by atoms with Crippen LogP contribution in [0.2, 0.25) is 0 Å². The molecule has 4 heterocycles. The van der Waals surface area contributed by atoms with E-state index in [1.54, 1.807) is 0 Å². The Kier molecular flexibility index (Phi) is 14.5. The van der Waals surface area contributed by atoms with E-state index in [1.165, 1.54) is 16.7 Å². The molecule has 9 heteroatoms. The molecule has 0 aliphatic carbocycles. The number of aromatic nitrogens is 5. The normalized spacial score (nSPS) is 12.6. The molecule has 0 fully saturated rings. The summed E-state index contributed by atoms with van der Waals surface area (Å²) in [4.78, 5) is 25.1. The number of rotatable bonds is 10. The molecular weight excluding hydrogens is 1210 g/mol. The van der Waals surface area contributed by atoms with Gasteiger partial charge in [0.1, 0.15) is 11.6 Å². The summed E-state index contributed by atoms with van der Waals surface area (Å²) >= 11 is 0. The average Bonchev–Trinajstić information content (AvgIpc) is 2.78. The van der Waals surface area contributed by atoms with Crippen molar-refractivity contribution in [1.29, 1.82) is 0 Å². The Morgan fingerprint density at radius 1 is 0.429 bits per heavy atom. The molecule has 1 aliphatic heterocycles. The molecule has 0 N–H and O–H groups in total. The summed E-state index contributed by atoms with van der Waals surface area (Å²) < 4.78 is 9.42. The Bertz CT molecular complexity index is 4240. The molecule has 0 spiro atoms. The maximum atomic E-state index is 7.25. The van der Waals surface area contributed by atoms with Crippen molar-refractivity contribution in [2.45, 2.75) is 78.6 Å². The SMILES string of the molecule is CC(C)(C)c1ccc(-c2cccc(-c3ccc(C(C)(C)C)cc3)c2N2[CH-]N(c3[c-]c(Oc4[c-]c5c(cc4-c4nc(-c6ccccc6)nc(-c6ccccc6)n4)c4cc(C(C)(C)C)ccc4n5-c4ccccn4)ccc3)c3ccccc32)cc1.[Pt]. The topological polar surface area (TPSA) is 72.2 Å². The Hall–Kier alpha value is -8.97. The van der Waals surface area contributed by atoms with E-state index in [4.69, 9.17) is 24.7 Å². The van der Waals surface area contributed by atoms with Crippen molar-refractivity contribution in [3.63, 3.8) is 0 Å². The largest absolute Gasteiger partial charge is 0.508 e. The van der Waals surface area contributed by atoms with Crippen molar-refractivity contribution in [3.8, 4) is 73.7 Å². The maximum Gasteiger partial charge on any atom is 0.162 e. The van der Waals surface area contributed by atoms with Crippen LogP contribution in [0, 0.1) is 18.8 Å². The molecule has 418 valence electrons. The predicted molar refractivity (Wildman–Crippen MR) is 341 cm³/mol. The minimum Gasteiger partial charge on any atom is -0.508 e. The van der Waals surface area contributed by atoms with Gasteiger partial charge in [-0.15, -0.1) is 48.1 Å². The van der Waals surface area contributed by atoms with Gasteiger partial charge in [0.2, 0.25) is 0 Å². The fourth-order valence-corrected chi connectivity index (χ4v) is 11.1. The van der Waals surface area contributed by atoms with Gasteiger partial charge in [-0.3, -0.25) is 0 Å². The first kappa shape index (κ1) is 55.6.